The number of aliphatic hydroxyl groups excluding tert-OH is 1. The number of unbranched alkanes of at least 4 members (excludes halogenated alkanes) is 2. The number of carboxylic acids is 1. The molecule has 4 heteroatoms. The molecule has 1 unspecified atom stereocenters. The lowest BCUT2D eigenvalue weighted by Crippen LogP contribution is -1.99. The molecule has 0 spiro atoms. The molecule has 2 N–H and O–H groups in total. The van der Waals surface area contributed by atoms with Crippen molar-refractivity contribution in [2.45, 2.75) is 58.0 Å². The van der Waals surface area contributed by atoms with E-state index in [2.05, 4.69) is 0 Å². The van der Waals surface area contributed by atoms with Crippen LogP contribution in [-0.2, 0) is 9.59 Å². The van der Waals surface area contributed by atoms with E-state index >= 15 is 0 Å². The van der Waals surface area contributed by atoms with E-state index in [0.717, 1.165) is 25.7 Å². The Bertz CT molecular complexity index is 380. The van der Waals surface area contributed by atoms with Gasteiger partial charge in [0.15, 0.2) is 5.78 Å². The summed E-state index contributed by atoms with van der Waals surface area (Å²) < 4.78 is 0. The molecular weight excluding hydrogens is 268 g/mol. The molecule has 1 atom stereocenters. The van der Waals surface area contributed by atoms with Gasteiger partial charge in [-0.25, -0.2) is 0 Å². The number of carbonyl (C=O) groups excluding carboxylic acids is 1. The second kappa shape index (κ2) is 13.3. The van der Waals surface area contributed by atoms with Crippen LogP contribution in [-0.4, -0.2) is 28.1 Å². The van der Waals surface area contributed by atoms with E-state index in [0.29, 0.717) is 12.8 Å². The Labute approximate surface area is 126 Å². The molecule has 0 fully saturated rings. The van der Waals surface area contributed by atoms with E-state index in [1.165, 1.54) is 6.08 Å². The van der Waals surface area contributed by atoms with Crippen LogP contribution >= 0.6 is 0 Å². The lowest BCUT2D eigenvalue weighted by molar-refractivity contribution is -0.137. The third-order valence-corrected chi connectivity index (χ3v) is 2.85. The van der Waals surface area contributed by atoms with Gasteiger partial charge in [-0.2, -0.15) is 0 Å². The Balaban J connectivity index is 3.72. The van der Waals surface area contributed by atoms with Crippen LogP contribution in [0.15, 0.2) is 36.5 Å². The number of ketones is 1. The zero-order chi connectivity index (χ0) is 15.9. The second-order valence-electron chi connectivity index (χ2n) is 4.91. The summed E-state index contributed by atoms with van der Waals surface area (Å²) in [5.74, 6) is -0.742. The maximum Gasteiger partial charge on any atom is 0.303 e. The minimum atomic E-state index is -0.788. The lowest BCUT2D eigenvalue weighted by atomic mass is 10.1. The van der Waals surface area contributed by atoms with Crippen LogP contribution in [0.3, 0.4) is 0 Å². The first-order valence-corrected chi connectivity index (χ1v) is 7.50. The first-order chi connectivity index (χ1) is 10.1. The van der Waals surface area contributed by atoms with Crippen LogP contribution in [0.25, 0.3) is 0 Å². The zero-order valence-electron chi connectivity index (χ0n) is 12.7. The summed E-state index contributed by atoms with van der Waals surface area (Å²) in [6.07, 6.45) is 14.2. The number of aliphatic hydroxyl groups is 1. The van der Waals surface area contributed by atoms with E-state index in [1.807, 2.05) is 6.92 Å². The van der Waals surface area contributed by atoms with E-state index in [-0.39, 0.29) is 12.2 Å². The number of carbonyl (C=O) groups is 2. The summed E-state index contributed by atoms with van der Waals surface area (Å²) in [4.78, 5) is 21.8. The fourth-order valence-electron chi connectivity index (χ4n) is 1.71. The fourth-order valence-corrected chi connectivity index (χ4v) is 1.71. The van der Waals surface area contributed by atoms with Crippen molar-refractivity contribution in [1.82, 2.24) is 0 Å². The molecule has 0 aliphatic rings. The quantitative estimate of drug-likeness (QED) is 0.328. The number of allylic oxidation sites excluding steroid dienone is 5. The highest BCUT2D eigenvalue weighted by Gasteiger charge is 1.99. The molecule has 0 aliphatic heterocycles. The molecule has 0 radical (unpaired) electrons. The molecule has 0 aliphatic carbocycles. The van der Waals surface area contributed by atoms with Gasteiger partial charge < -0.3 is 10.2 Å². The van der Waals surface area contributed by atoms with Crippen molar-refractivity contribution >= 4 is 11.8 Å². The largest absolute Gasteiger partial charge is 0.481 e. The highest BCUT2D eigenvalue weighted by Crippen LogP contribution is 2.04. The van der Waals surface area contributed by atoms with Crippen molar-refractivity contribution in [3.05, 3.63) is 36.5 Å². The summed E-state index contributed by atoms with van der Waals surface area (Å²) in [5.41, 5.74) is 0. The predicted molar refractivity (Wildman–Crippen MR) is 84.1 cm³/mol. The number of aliphatic carboxylic acids is 1. The van der Waals surface area contributed by atoms with Gasteiger partial charge in [0.2, 0.25) is 0 Å². The maximum atomic E-state index is 11.5. The third kappa shape index (κ3) is 14.5. The van der Waals surface area contributed by atoms with Crippen LogP contribution in [0, 0.1) is 0 Å². The normalized spacial score (nSPS) is 13.4. The molecule has 4 nitrogen and oxygen atoms in total. The summed E-state index contributed by atoms with van der Waals surface area (Å²) in [6.45, 7) is 2.02. The Morgan fingerprint density at radius 1 is 1.00 bits per heavy atom. The van der Waals surface area contributed by atoms with E-state index < -0.39 is 12.1 Å². The number of hydrogen-bond donors (Lipinski definition) is 2. The smallest absolute Gasteiger partial charge is 0.303 e. The second-order valence-corrected chi connectivity index (χ2v) is 4.91. The minimum absolute atomic E-state index is 0.0463. The molecule has 0 saturated carbocycles. The predicted octanol–water partition coefficient (Wildman–Crippen LogP) is 3.42. The molecule has 118 valence electrons. The van der Waals surface area contributed by atoms with Crippen LogP contribution in [0.2, 0.25) is 0 Å². The van der Waals surface area contributed by atoms with Crippen LogP contribution in [0.1, 0.15) is 51.9 Å². The summed E-state index contributed by atoms with van der Waals surface area (Å²) in [7, 11) is 0. The first kappa shape index (κ1) is 19.3. The van der Waals surface area contributed by atoms with Gasteiger partial charge >= 0.3 is 5.97 Å². The molecule has 0 aromatic heterocycles. The van der Waals surface area contributed by atoms with Crippen molar-refractivity contribution < 1.29 is 19.8 Å². The number of hydrogen-bond acceptors (Lipinski definition) is 3. The van der Waals surface area contributed by atoms with Gasteiger partial charge in [-0.15, -0.1) is 0 Å². The van der Waals surface area contributed by atoms with Gasteiger partial charge in [-0.3, -0.25) is 9.59 Å². The van der Waals surface area contributed by atoms with Gasteiger partial charge in [0.25, 0.3) is 0 Å². The molecular formula is C17H26O4. The summed E-state index contributed by atoms with van der Waals surface area (Å²) in [5, 5.41) is 17.9. The van der Waals surface area contributed by atoms with Crippen molar-refractivity contribution in [2.24, 2.45) is 0 Å². The average molecular weight is 294 g/mol. The molecule has 0 aromatic carbocycles. The molecule has 0 bridgehead atoms. The van der Waals surface area contributed by atoms with E-state index in [4.69, 9.17) is 5.11 Å². The molecule has 0 aromatic rings. The van der Waals surface area contributed by atoms with Gasteiger partial charge in [-0.1, -0.05) is 50.1 Å². The Morgan fingerprint density at radius 3 is 2.33 bits per heavy atom. The zero-order valence-corrected chi connectivity index (χ0v) is 12.7. The van der Waals surface area contributed by atoms with Crippen molar-refractivity contribution in [3.8, 4) is 0 Å². The van der Waals surface area contributed by atoms with Gasteiger partial charge in [0, 0.05) is 12.8 Å². The van der Waals surface area contributed by atoms with Crippen LogP contribution < -0.4 is 0 Å². The van der Waals surface area contributed by atoms with E-state index in [9.17, 15) is 14.7 Å². The monoisotopic (exact) mass is 294 g/mol. The summed E-state index contributed by atoms with van der Waals surface area (Å²) in [6, 6.07) is 0. The topological polar surface area (TPSA) is 74.6 Å². The Morgan fingerprint density at radius 2 is 1.67 bits per heavy atom. The highest BCUT2D eigenvalue weighted by molar-refractivity contribution is 5.89. The highest BCUT2D eigenvalue weighted by atomic mass is 16.4. The standard InChI is InChI=1S/C17H26O4/c1-2-10-15(18)11-6-3-4-7-12-16(19)13-8-5-9-14-17(20)21/h3-4,6-7,11-12,15,18H,2,5,8-10,13-14H2,1H3,(H,20,21). The number of rotatable bonds is 12. The van der Waals surface area contributed by atoms with Gasteiger partial charge in [0.1, 0.15) is 0 Å². The van der Waals surface area contributed by atoms with Crippen molar-refractivity contribution in [2.75, 3.05) is 0 Å². The average Bonchev–Trinajstić information content (AvgIpc) is 2.42. The summed E-state index contributed by atoms with van der Waals surface area (Å²) >= 11 is 0. The molecule has 0 heterocycles. The first-order valence-electron chi connectivity index (χ1n) is 7.50. The third-order valence-electron chi connectivity index (χ3n) is 2.85. The van der Waals surface area contributed by atoms with Crippen LogP contribution in [0.5, 0.6) is 0 Å². The molecule has 0 amide bonds. The SMILES string of the molecule is CCCC(O)C=CC=CC=CC(=O)CCCCCC(=O)O. The Hall–Kier alpha value is -1.68. The van der Waals surface area contributed by atoms with E-state index in [1.54, 1.807) is 30.4 Å². The number of carboxylic acid groups (broad SMARTS) is 1. The molecule has 0 saturated heterocycles. The van der Waals surface area contributed by atoms with Crippen LogP contribution in [0.4, 0.5) is 0 Å². The van der Waals surface area contributed by atoms with Crippen molar-refractivity contribution in [1.29, 1.82) is 0 Å². The Kier molecular flexibility index (Phi) is 12.2. The molecule has 0 rings (SSSR count). The fraction of sp³-hybridized carbons (Fsp3) is 0.529. The molecule has 21 heavy (non-hydrogen) atoms. The van der Waals surface area contributed by atoms with Gasteiger partial charge in [-0.05, 0) is 25.3 Å². The lowest BCUT2D eigenvalue weighted by Gasteiger charge is -1.99. The minimum Gasteiger partial charge on any atom is -0.481 e. The van der Waals surface area contributed by atoms with Gasteiger partial charge in [0.05, 0.1) is 6.10 Å². The maximum absolute atomic E-state index is 11.5. The van der Waals surface area contributed by atoms with Crippen molar-refractivity contribution in [3.63, 3.8) is 0 Å².